The van der Waals surface area contributed by atoms with E-state index in [2.05, 4.69) is 7.05 Å². The smallest absolute Gasteiger partial charge is 0.264 e. The van der Waals surface area contributed by atoms with E-state index < -0.39 is 0 Å². The lowest BCUT2D eigenvalue weighted by Crippen LogP contribution is -3.12. The highest BCUT2D eigenvalue weighted by molar-refractivity contribution is 7.12. The van der Waals surface area contributed by atoms with E-state index in [1.165, 1.54) is 16.2 Å². The van der Waals surface area contributed by atoms with E-state index in [0.717, 1.165) is 31.1 Å². The topological polar surface area (TPSA) is 24.8 Å². The Kier molecular flexibility index (Phi) is 2.84. The maximum absolute atomic E-state index is 11.9. The third-order valence-corrected chi connectivity index (χ3v) is 3.49. The molecule has 2 rings (SSSR count). The van der Waals surface area contributed by atoms with Crippen LogP contribution < -0.4 is 4.90 Å². The Bertz CT molecular complexity index is 302. The summed E-state index contributed by atoms with van der Waals surface area (Å²) in [5.41, 5.74) is 0. The zero-order chi connectivity index (χ0) is 9.97. The van der Waals surface area contributed by atoms with Crippen LogP contribution in [-0.4, -0.2) is 44.0 Å². The summed E-state index contributed by atoms with van der Waals surface area (Å²) < 4.78 is 0. The average Bonchev–Trinajstić information content (AvgIpc) is 2.71. The standard InChI is InChI=1S/C10H14N2OS/c1-11-4-6-12(7-5-11)10(13)9-3-2-8-14-9/h2-3,8H,4-7H2,1H3/p+1. The molecule has 2 heterocycles. The average molecular weight is 211 g/mol. The number of nitrogens with zero attached hydrogens (tertiary/aromatic N) is 1. The summed E-state index contributed by atoms with van der Waals surface area (Å²) in [5, 5.41) is 1.95. The first-order chi connectivity index (χ1) is 6.77. The summed E-state index contributed by atoms with van der Waals surface area (Å²) in [5.74, 6) is 0.201. The van der Waals surface area contributed by atoms with Gasteiger partial charge in [0.2, 0.25) is 0 Å². The van der Waals surface area contributed by atoms with Crippen LogP contribution in [0.4, 0.5) is 0 Å². The number of carbonyl (C=O) groups is 1. The van der Waals surface area contributed by atoms with Gasteiger partial charge in [0, 0.05) is 0 Å². The second-order valence-electron chi connectivity index (χ2n) is 3.73. The maximum Gasteiger partial charge on any atom is 0.264 e. The fourth-order valence-electron chi connectivity index (χ4n) is 1.65. The van der Waals surface area contributed by atoms with Crippen molar-refractivity contribution in [2.24, 2.45) is 0 Å². The van der Waals surface area contributed by atoms with E-state index in [-0.39, 0.29) is 5.91 Å². The van der Waals surface area contributed by atoms with Crippen molar-refractivity contribution in [2.45, 2.75) is 0 Å². The lowest BCUT2D eigenvalue weighted by molar-refractivity contribution is -0.883. The molecule has 1 aromatic rings. The van der Waals surface area contributed by atoms with Crippen molar-refractivity contribution in [1.29, 1.82) is 0 Å². The Labute approximate surface area is 87.9 Å². The molecule has 1 amide bonds. The Morgan fingerprint density at radius 2 is 2.21 bits per heavy atom. The Balaban J connectivity index is 1.99. The molecule has 3 nitrogen and oxygen atoms in total. The van der Waals surface area contributed by atoms with E-state index in [0.29, 0.717) is 0 Å². The SMILES string of the molecule is C[NH+]1CCN(C(=O)c2cccs2)CC1. The first-order valence-corrected chi connectivity index (χ1v) is 5.79. The molecule has 14 heavy (non-hydrogen) atoms. The van der Waals surface area contributed by atoms with Gasteiger partial charge in [-0.25, -0.2) is 0 Å². The van der Waals surface area contributed by atoms with Crippen molar-refractivity contribution in [3.05, 3.63) is 22.4 Å². The molecule has 0 aromatic carbocycles. The van der Waals surface area contributed by atoms with Crippen LogP contribution in [0.1, 0.15) is 9.67 Å². The van der Waals surface area contributed by atoms with Gasteiger partial charge < -0.3 is 9.80 Å². The van der Waals surface area contributed by atoms with Crippen molar-refractivity contribution in [3.8, 4) is 0 Å². The van der Waals surface area contributed by atoms with E-state index in [1.807, 2.05) is 22.4 Å². The van der Waals surface area contributed by atoms with E-state index in [1.54, 1.807) is 0 Å². The second kappa shape index (κ2) is 4.11. The van der Waals surface area contributed by atoms with Gasteiger partial charge in [0.15, 0.2) is 0 Å². The highest BCUT2D eigenvalue weighted by Crippen LogP contribution is 2.11. The summed E-state index contributed by atoms with van der Waals surface area (Å²) in [6.45, 7) is 3.92. The first kappa shape index (κ1) is 9.68. The van der Waals surface area contributed by atoms with E-state index in [9.17, 15) is 4.79 Å². The monoisotopic (exact) mass is 211 g/mol. The minimum atomic E-state index is 0.201. The molecule has 4 heteroatoms. The molecule has 1 aliphatic rings. The predicted octanol–water partition coefficient (Wildman–Crippen LogP) is -0.281. The zero-order valence-electron chi connectivity index (χ0n) is 8.32. The fraction of sp³-hybridized carbons (Fsp3) is 0.500. The van der Waals surface area contributed by atoms with Crippen LogP contribution in [-0.2, 0) is 0 Å². The lowest BCUT2D eigenvalue weighted by Gasteiger charge is -2.29. The minimum absolute atomic E-state index is 0.201. The van der Waals surface area contributed by atoms with Crippen molar-refractivity contribution in [1.82, 2.24) is 4.90 Å². The van der Waals surface area contributed by atoms with E-state index >= 15 is 0 Å². The molecular formula is C10H15N2OS+. The molecule has 1 aromatic heterocycles. The number of thiophene rings is 1. The molecule has 0 radical (unpaired) electrons. The molecule has 0 bridgehead atoms. The van der Waals surface area contributed by atoms with Crippen LogP contribution in [0.3, 0.4) is 0 Å². The van der Waals surface area contributed by atoms with Gasteiger partial charge in [0.05, 0.1) is 38.1 Å². The molecule has 1 fully saturated rings. The van der Waals surface area contributed by atoms with Gasteiger partial charge in [-0.2, -0.15) is 0 Å². The van der Waals surface area contributed by atoms with Crippen molar-refractivity contribution in [2.75, 3.05) is 33.2 Å². The summed E-state index contributed by atoms with van der Waals surface area (Å²) >= 11 is 1.53. The number of carbonyl (C=O) groups excluding carboxylic acids is 1. The fourth-order valence-corrected chi connectivity index (χ4v) is 2.34. The van der Waals surface area contributed by atoms with Crippen molar-refractivity contribution < 1.29 is 9.69 Å². The highest BCUT2D eigenvalue weighted by Gasteiger charge is 2.22. The third-order valence-electron chi connectivity index (χ3n) is 2.64. The molecule has 1 aliphatic heterocycles. The predicted molar refractivity (Wildman–Crippen MR) is 56.8 cm³/mol. The number of quaternary nitrogens is 1. The number of likely N-dealkylation sites (N-methyl/N-ethyl adjacent to an activating group) is 1. The van der Waals surface area contributed by atoms with Gasteiger partial charge in [0.1, 0.15) is 0 Å². The molecular weight excluding hydrogens is 196 g/mol. The van der Waals surface area contributed by atoms with Gasteiger partial charge in [-0.15, -0.1) is 11.3 Å². The molecule has 1 N–H and O–H groups in total. The summed E-state index contributed by atoms with van der Waals surface area (Å²) in [6, 6.07) is 3.83. The number of hydrogen-bond acceptors (Lipinski definition) is 2. The molecule has 0 saturated carbocycles. The number of piperazine rings is 1. The van der Waals surface area contributed by atoms with Crippen molar-refractivity contribution >= 4 is 17.2 Å². The van der Waals surface area contributed by atoms with Crippen LogP contribution in [0, 0.1) is 0 Å². The summed E-state index contributed by atoms with van der Waals surface area (Å²) in [4.78, 5) is 16.2. The Morgan fingerprint density at radius 1 is 1.50 bits per heavy atom. The van der Waals surface area contributed by atoms with Crippen LogP contribution in [0.25, 0.3) is 0 Å². The minimum Gasteiger partial charge on any atom is -0.334 e. The van der Waals surface area contributed by atoms with Gasteiger partial charge in [-0.1, -0.05) is 6.07 Å². The largest absolute Gasteiger partial charge is 0.334 e. The second-order valence-corrected chi connectivity index (χ2v) is 4.67. The van der Waals surface area contributed by atoms with Crippen LogP contribution in [0.2, 0.25) is 0 Å². The lowest BCUT2D eigenvalue weighted by atomic mass is 10.3. The molecule has 76 valence electrons. The molecule has 1 saturated heterocycles. The molecule has 0 unspecified atom stereocenters. The quantitative estimate of drug-likeness (QED) is 0.679. The normalized spacial score (nSPS) is 18.5. The Morgan fingerprint density at radius 3 is 2.79 bits per heavy atom. The first-order valence-electron chi connectivity index (χ1n) is 4.91. The summed E-state index contributed by atoms with van der Waals surface area (Å²) in [7, 11) is 2.17. The van der Waals surface area contributed by atoms with Crippen LogP contribution >= 0.6 is 11.3 Å². The van der Waals surface area contributed by atoms with Crippen LogP contribution in [0.5, 0.6) is 0 Å². The number of amides is 1. The number of rotatable bonds is 1. The Hall–Kier alpha value is -0.870. The van der Waals surface area contributed by atoms with Gasteiger partial charge in [0.25, 0.3) is 5.91 Å². The van der Waals surface area contributed by atoms with Gasteiger partial charge in [-0.05, 0) is 11.4 Å². The zero-order valence-corrected chi connectivity index (χ0v) is 9.14. The maximum atomic E-state index is 11.9. The highest BCUT2D eigenvalue weighted by atomic mass is 32.1. The van der Waals surface area contributed by atoms with Gasteiger partial charge in [-0.3, -0.25) is 4.79 Å². The van der Waals surface area contributed by atoms with Crippen molar-refractivity contribution in [3.63, 3.8) is 0 Å². The molecule has 0 aliphatic carbocycles. The number of nitrogens with one attached hydrogen (secondary N) is 1. The third kappa shape index (κ3) is 1.96. The number of hydrogen-bond donors (Lipinski definition) is 1. The van der Waals surface area contributed by atoms with Crippen LogP contribution in [0.15, 0.2) is 17.5 Å². The summed E-state index contributed by atoms with van der Waals surface area (Å²) in [6.07, 6.45) is 0. The van der Waals surface area contributed by atoms with E-state index in [4.69, 9.17) is 0 Å². The van der Waals surface area contributed by atoms with Gasteiger partial charge >= 0.3 is 0 Å². The molecule has 0 spiro atoms. The molecule has 0 atom stereocenters.